The number of nitrogens with zero attached hydrogens (tertiary/aromatic N) is 2. The molecule has 2 heterocycles. The molecule has 0 bridgehead atoms. The standard InChI is InChI=1S/C22H27FN4O/c1-16-2-6-18(7-3-16)20-14-21(25-24-20)22(28)27-12-10-26(11-13-27)15-17-4-8-19(23)9-5-17/h2-9,20-21,24-25H,10-15H2,1H3. The summed E-state index contributed by atoms with van der Waals surface area (Å²) in [5.41, 5.74) is 10.00. The fraction of sp³-hybridized carbons (Fsp3) is 0.409. The van der Waals surface area contributed by atoms with E-state index in [2.05, 4.69) is 46.9 Å². The van der Waals surface area contributed by atoms with E-state index >= 15 is 0 Å². The third-order valence-corrected chi connectivity index (χ3v) is 5.68. The van der Waals surface area contributed by atoms with E-state index < -0.39 is 0 Å². The summed E-state index contributed by atoms with van der Waals surface area (Å²) in [5.74, 6) is -0.0377. The molecule has 2 aliphatic heterocycles. The third-order valence-electron chi connectivity index (χ3n) is 5.68. The second-order valence-corrected chi connectivity index (χ2v) is 7.77. The Morgan fingerprint density at radius 3 is 2.36 bits per heavy atom. The van der Waals surface area contributed by atoms with Crippen LogP contribution in [0.25, 0.3) is 0 Å². The molecule has 148 valence electrons. The van der Waals surface area contributed by atoms with Gasteiger partial charge in [-0.25, -0.2) is 15.2 Å². The molecule has 2 atom stereocenters. The van der Waals surface area contributed by atoms with E-state index in [9.17, 15) is 9.18 Å². The van der Waals surface area contributed by atoms with Gasteiger partial charge in [0.05, 0.1) is 0 Å². The number of piperazine rings is 1. The first-order valence-electron chi connectivity index (χ1n) is 9.92. The van der Waals surface area contributed by atoms with Crippen LogP contribution in [0.5, 0.6) is 0 Å². The number of benzene rings is 2. The highest BCUT2D eigenvalue weighted by Crippen LogP contribution is 2.24. The number of hydrazine groups is 1. The Labute approximate surface area is 165 Å². The van der Waals surface area contributed by atoms with Crippen LogP contribution in [0.2, 0.25) is 0 Å². The molecule has 0 aliphatic carbocycles. The van der Waals surface area contributed by atoms with Crippen molar-refractivity contribution < 1.29 is 9.18 Å². The minimum absolute atomic E-state index is 0.161. The summed E-state index contributed by atoms with van der Waals surface area (Å²) in [7, 11) is 0. The van der Waals surface area contributed by atoms with Gasteiger partial charge in [0.15, 0.2) is 0 Å². The van der Waals surface area contributed by atoms with Gasteiger partial charge in [-0.3, -0.25) is 9.69 Å². The fourth-order valence-corrected chi connectivity index (χ4v) is 3.93. The van der Waals surface area contributed by atoms with Crippen molar-refractivity contribution in [3.05, 3.63) is 71.0 Å². The summed E-state index contributed by atoms with van der Waals surface area (Å²) in [6, 6.07) is 15.1. The van der Waals surface area contributed by atoms with Gasteiger partial charge in [-0.2, -0.15) is 0 Å². The molecule has 2 fully saturated rings. The SMILES string of the molecule is Cc1ccc(C2CC(C(=O)N3CCN(Cc4ccc(F)cc4)CC3)NN2)cc1. The van der Waals surface area contributed by atoms with Gasteiger partial charge >= 0.3 is 0 Å². The molecular formula is C22H27FN4O. The average Bonchev–Trinajstić information content (AvgIpc) is 3.20. The molecule has 2 N–H and O–H groups in total. The summed E-state index contributed by atoms with van der Waals surface area (Å²) in [4.78, 5) is 17.2. The first-order valence-corrected chi connectivity index (χ1v) is 9.92. The third kappa shape index (κ3) is 4.41. The highest BCUT2D eigenvalue weighted by molar-refractivity contribution is 5.82. The van der Waals surface area contributed by atoms with Crippen LogP contribution in [0.4, 0.5) is 4.39 Å². The smallest absolute Gasteiger partial charge is 0.241 e. The van der Waals surface area contributed by atoms with Crippen molar-refractivity contribution in [3.8, 4) is 0 Å². The van der Waals surface area contributed by atoms with Crippen LogP contribution in [0.1, 0.15) is 29.2 Å². The van der Waals surface area contributed by atoms with Gasteiger partial charge in [0.2, 0.25) is 5.91 Å². The van der Waals surface area contributed by atoms with Crippen LogP contribution in [-0.2, 0) is 11.3 Å². The van der Waals surface area contributed by atoms with Crippen LogP contribution in [0, 0.1) is 12.7 Å². The second-order valence-electron chi connectivity index (χ2n) is 7.77. The van der Waals surface area contributed by atoms with Crippen LogP contribution < -0.4 is 10.9 Å². The van der Waals surface area contributed by atoms with Crippen LogP contribution in [0.15, 0.2) is 48.5 Å². The molecule has 1 amide bonds. The number of carbonyl (C=O) groups is 1. The number of rotatable bonds is 4. The van der Waals surface area contributed by atoms with Gasteiger partial charge in [0.25, 0.3) is 0 Å². The number of amides is 1. The fourth-order valence-electron chi connectivity index (χ4n) is 3.93. The van der Waals surface area contributed by atoms with Crippen molar-refractivity contribution in [3.63, 3.8) is 0 Å². The molecule has 2 unspecified atom stereocenters. The van der Waals surface area contributed by atoms with E-state index in [-0.39, 0.29) is 23.8 Å². The van der Waals surface area contributed by atoms with Gasteiger partial charge in [-0.15, -0.1) is 0 Å². The highest BCUT2D eigenvalue weighted by atomic mass is 19.1. The Morgan fingerprint density at radius 2 is 1.68 bits per heavy atom. The first kappa shape index (κ1) is 19.1. The van der Waals surface area contributed by atoms with Gasteiger partial charge in [-0.1, -0.05) is 42.0 Å². The van der Waals surface area contributed by atoms with Crippen molar-refractivity contribution in [2.75, 3.05) is 26.2 Å². The molecular weight excluding hydrogens is 355 g/mol. The summed E-state index contributed by atoms with van der Waals surface area (Å²) in [6.45, 7) is 6.00. The maximum Gasteiger partial charge on any atom is 0.241 e. The number of carbonyl (C=O) groups excluding carboxylic acids is 1. The number of hydrogen-bond acceptors (Lipinski definition) is 4. The zero-order chi connectivity index (χ0) is 19.5. The molecule has 2 aromatic carbocycles. The van der Waals surface area contributed by atoms with E-state index in [0.29, 0.717) is 0 Å². The van der Waals surface area contributed by atoms with Gasteiger partial charge in [0, 0.05) is 38.8 Å². The van der Waals surface area contributed by atoms with Crippen LogP contribution in [0.3, 0.4) is 0 Å². The molecule has 0 spiro atoms. The molecule has 0 radical (unpaired) electrons. The first-order chi connectivity index (χ1) is 13.6. The van der Waals surface area contributed by atoms with Gasteiger partial charge in [0.1, 0.15) is 11.9 Å². The van der Waals surface area contributed by atoms with E-state index in [1.165, 1.54) is 23.3 Å². The zero-order valence-electron chi connectivity index (χ0n) is 16.2. The average molecular weight is 382 g/mol. The molecule has 2 aliphatic rings. The monoisotopic (exact) mass is 382 g/mol. The van der Waals surface area contributed by atoms with E-state index in [1.54, 1.807) is 0 Å². The molecule has 2 saturated heterocycles. The molecule has 0 aromatic heterocycles. The lowest BCUT2D eigenvalue weighted by atomic mass is 10.0. The lowest BCUT2D eigenvalue weighted by Crippen LogP contribution is -2.53. The lowest BCUT2D eigenvalue weighted by molar-refractivity contribution is -0.135. The normalized spacial score (nSPS) is 23.1. The molecule has 28 heavy (non-hydrogen) atoms. The van der Waals surface area contributed by atoms with E-state index in [0.717, 1.165) is 44.7 Å². The van der Waals surface area contributed by atoms with Crippen molar-refractivity contribution >= 4 is 5.91 Å². The Bertz CT molecular complexity index is 800. The van der Waals surface area contributed by atoms with Crippen LogP contribution in [-0.4, -0.2) is 47.9 Å². The Hall–Kier alpha value is -2.28. The minimum Gasteiger partial charge on any atom is -0.339 e. The summed E-state index contributed by atoms with van der Waals surface area (Å²) >= 11 is 0. The minimum atomic E-state index is -0.208. The molecule has 0 saturated carbocycles. The molecule has 5 nitrogen and oxygen atoms in total. The molecule has 6 heteroatoms. The van der Waals surface area contributed by atoms with E-state index in [4.69, 9.17) is 0 Å². The quantitative estimate of drug-likeness (QED) is 0.853. The lowest BCUT2D eigenvalue weighted by Gasteiger charge is -2.35. The number of nitrogens with one attached hydrogen (secondary N) is 2. The Morgan fingerprint density at radius 1 is 1.00 bits per heavy atom. The maximum absolute atomic E-state index is 13.0. The highest BCUT2D eigenvalue weighted by Gasteiger charge is 2.34. The van der Waals surface area contributed by atoms with Crippen molar-refractivity contribution in [2.24, 2.45) is 0 Å². The molecule has 4 rings (SSSR count). The predicted molar refractivity (Wildman–Crippen MR) is 107 cm³/mol. The molecule has 2 aromatic rings. The second kappa shape index (κ2) is 8.39. The predicted octanol–water partition coefficient (Wildman–Crippen LogP) is 2.39. The van der Waals surface area contributed by atoms with Gasteiger partial charge in [-0.05, 0) is 36.6 Å². The van der Waals surface area contributed by atoms with Crippen LogP contribution >= 0.6 is 0 Å². The number of hydrogen-bond donors (Lipinski definition) is 2. The summed E-state index contributed by atoms with van der Waals surface area (Å²) in [6.07, 6.45) is 0.762. The van der Waals surface area contributed by atoms with Gasteiger partial charge < -0.3 is 4.90 Å². The largest absolute Gasteiger partial charge is 0.339 e. The zero-order valence-corrected chi connectivity index (χ0v) is 16.2. The Balaban J connectivity index is 1.27. The topological polar surface area (TPSA) is 47.6 Å². The van der Waals surface area contributed by atoms with Crippen molar-refractivity contribution in [1.82, 2.24) is 20.7 Å². The summed E-state index contributed by atoms with van der Waals surface area (Å²) < 4.78 is 13.0. The number of aryl methyl sites for hydroxylation is 1. The summed E-state index contributed by atoms with van der Waals surface area (Å²) in [5, 5.41) is 0. The maximum atomic E-state index is 13.0. The van der Waals surface area contributed by atoms with Crippen molar-refractivity contribution in [1.29, 1.82) is 0 Å². The Kier molecular flexibility index (Phi) is 5.71. The van der Waals surface area contributed by atoms with Crippen molar-refractivity contribution in [2.45, 2.75) is 32.0 Å². The van der Waals surface area contributed by atoms with E-state index in [1.807, 2.05) is 17.0 Å². The number of halogens is 1.